The maximum absolute atomic E-state index is 5.54. The van der Waals surface area contributed by atoms with E-state index in [0.717, 1.165) is 77.5 Å². The third-order valence-corrected chi connectivity index (χ3v) is 6.38. The molecule has 1 saturated carbocycles. The van der Waals surface area contributed by atoms with E-state index in [1.165, 1.54) is 0 Å². The van der Waals surface area contributed by atoms with Crippen LogP contribution in [0.2, 0.25) is 0 Å². The molecule has 2 N–H and O–H groups in total. The van der Waals surface area contributed by atoms with E-state index in [1.807, 2.05) is 50.3 Å². The first-order valence-corrected chi connectivity index (χ1v) is 11.4. The quantitative estimate of drug-likeness (QED) is 0.576. The number of aryl methyl sites for hydroxylation is 1. The molecule has 7 nitrogen and oxygen atoms in total. The normalized spacial score (nSPS) is 18.5. The van der Waals surface area contributed by atoms with E-state index in [1.54, 1.807) is 7.11 Å². The molecule has 3 aromatic rings. The molecule has 1 aliphatic rings. The summed E-state index contributed by atoms with van der Waals surface area (Å²) in [7, 11) is 5.77. The summed E-state index contributed by atoms with van der Waals surface area (Å²) in [6, 6.07) is 9.07. The molecule has 0 unspecified atom stereocenters. The summed E-state index contributed by atoms with van der Waals surface area (Å²) >= 11 is 0. The Kier molecular flexibility index (Phi) is 6.74. The smallest absolute Gasteiger partial charge is 0.225 e. The predicted octanol–water partition coefficient (Wildman–Crippen LogP) is 4.23. The van der Waals surface area contributed by atoms with Crippen LogP contribution >= 0.6 is 0 Å². The Morgan fingerprint density at radius 1 is 1.03 bits per heavy atom. The number of pyridine rings is 1. The van der Waals surface area contributed by atoms with Crippen molar-refractivity contribution < 1.29 is 4.74 Å². The molecule has 0 aliphatic heterocycles. The third kappa shape index (κ3) is 4.78. The first-order chi connectivity index (χ1) is 15.5. The molecule has 0 amide bonds. The highest BCUT2D eigenvalue weighted by Crippen LogP contribution is 2.27. The number of nitrogens with one attached hydrogen (secondary N) is 2. The van der Waals surface area contributed by atoms with E-state index in [-0.39, 0.29) is 0 Å². The average Bonchev–Trinajstić information content (AvgIpc) is 2.79. The molecule has 1 aromatic carbocycles. The molecule has 1 aliphatic carbocycles. The number of rotatable bonds is 7. The van der Waals surface area contributed by atoms with Crippen LogP contribution in [-0.4, -0.2) is 48.2 Å². The summed E-state index contributed by atoms with van der Waals surface area (Å²) in [4.78, 5) is 16.2. The first-order valence-electron chi connectivity index (χ1n) is 11.4. The number of methoxy groups -OCH3 is 1. The molecule has 0 saturated heterocycles. The zero-order valence-corrected chi connectivity index (χ0v) is 19.8. The number of benzene rings is 1. The van der Waals surface area contributed by atoms with E-state index in [0.29, 0.717) is 12.1 Å². The number of nitrogens with zero attached hydrogens (tertiary/aromatic N) is 4. The molecule has 7 heteroatoms. The minimum atomic E-state index is 0.392. The van der Waals surface area contributed by atoms with Gasteiger partial charge in [0.15, 0.2) is 0 Å². The third-order valence-electron chi connectivity index (χ3n) is 6.38. The topological polar surface area (TPSA) is 75.2 Å². The van der Waals surface area contributed by atoms with Gasteiger partial charge in [-0.15, -0.1) is 0 Å². The van der Waals surface area contributed by atoms with Crippen molar-refractivity contribution in [2.75, 3.05) is 31.4 Å². The van der Waals surface area contributed by atoms with Gasteiger partial charge in [-0.1, -0.05) is 12.1 Å². The van der Waals surface area contributed by atoms with Crippen LogP contribution in [-0.2, 0) is 6.54 Å². The fraction of sp³-hybridized carbons (Fsp3) is 0.480. The zero-order valence-electron chi connectivity index (χ0n) is 19.8. The summed E-state index contributed by atoms with van der Waals surface area (Å²) < 4.78 is 5.54. The van der Waals surface area contributed by atoms with Gasteiger partial charge in [-0.25, -0.2) is 4.98 Å². The van der Waals surface area contributed by atoms with Gasteiger partial charge in [0.05, 0.1) is 18.3 Å². The average molecular weight is 435 g/mol. The SMILES string of the molecule is COc1c(C)cnc(CN[C@H]2CC[C@@H](Nc3nc(N(C)C)c4ccccc4n3)CC2)c1C. The van der Waals surface area contributed by atoms with Crippen LogP contribution < -0.4 is 20.3 Å². The molecule has 2 aromatic heterocycles. The largest absolute Gasteiger partial charge is 0.496 e. The summed E-state index contributed by atoms with van der Waals surface area (Å²) in [6.45, 7) is 4.89. The van der Waals surface area contributed by atoms with Crippen LogP contribution in [0.5, 0.6) is 5.75 Å². The highest BCUT2D eigenvalue weighted by Gasteiger charge is 2.22. The Balaban J connectivity index is 1.35. The van der Waals surface area contributed by atoms with Crippen LogP contribution in [0.4, 0.5) is 11.8 Å². The lowest BCUT2D eigenvalue weighted by molar-refractivity contribution is 0.350. The summed E-state index contributed by atoms with van der Waals surface area (Å²) in [6.07, 6.45) is 6.32. The summed E-state index contributed by atoms with van der Waals surface area (Å²) in [5.41, 5.74) is 4.24. The summed E-state index contributed by atoms with van der Waals surface area (Å²) in [5.74, 6) is 2.61. The molecule has 0 radical (unpaired) electrons. The van der Waals surface area contributed by atoms with Gasteiger partial charge in [0.25, 0.3) is 0 Å². The van der Waals surface area contributed by atoms with Crippen molar-refractivity contribution in [3.63, 3.8) is 0 Å². The highest BCUT2D eigenvalue weighted by atomic mass is 16.5. The van der Waals surface area contributed by atoms with E-state index < -0.39 is 0 Å². The van der Waals surface area contributed by atoms with Gasteiger partial charge in [0, 0.05) is 55.4 Å². The molecule has 0 spiro atoms. The molecular weight excluding hydrogens is 400 g/mol. The number of hydrogen-bond acceptors (Lipinski definition) is 7. The van der Waals surface area contributed by atoms with Crippen molar-refractivity contribution in [1.82, 2.24) is 20.3 Å². The predicted molar refractivity (Wildman–Crippen MR) is 131 cm³/mol. The van der Waals surface area contributed by atoms with Crippen LogP contribution in [0.3, 0.4) is 0 Å². The van der Waals surface area contributed by atoms with Gasteiger partial charge in [-0.3, -0.25) is 4.98 Å². The van der Waals surface area contributed by atoms with Crippen molar-refractivity contribution in [3.05, 3.63) is 47.3 Å². The van der Waals surface area contributed by atoms with Gasteiger partial charge in [-0.2, -0.15) is 4.98 Å². The number of aromatic nitrogens is 3. The molecule has 1 fully saturated rings. The molecule has 4 rings (SSSR count). The molecular formula is C25H34N6O. The molecule has 32 heavy (non-hydrogen) atoms. The fourth-order valence-electron chi connectivity index (χ4n) is 4.58. The number of fused-ring (bicyclic) bond motifs is 1. The summed E-state index contributed by atoms with van der Waals surface area (Å²) in [5, 5.41) is 8.36. The Hall–Kier alpha value is -2.93. The van der Waals surface area contributed by atoms with Gasteiger partial charge in [0.2, 0.25) is 5.95 Å². The van der Waals surface area contributed by atoms with E-state index in [9.17, 15) is 0 Å². The highest BCUT2D eigenvalue weighted by molar-refractivity contribution is 5.90. The Morgan fingerprint density at radius 3 is 2.47 bits per heavy atom. The van der Waals surface area contributed by atoms with E-state index >= 15 is 0 Å². The van der Waals surface area contributed by atoms with Crippen LogP contribution in [0.15, 0.2) is 30.5 Å². The maximum Gasteiger partial charge on any atom is 0.225 e. The second-order valence-corrected chi connectivity index (χ2v) is 8.90. The monoisotopic (exact) mass is 434 g/mol. The number of anilines is 2. The molecule has 2 heterocycles. The lowest BCUT2D eigenvalue weighted by Crippen LogP contribution is -2.37. The second-order valence-electron chi connectivity index (χ2n) is 8.90. The number of hydrogen-bond donors (Lipinski definition) is 2. The van der Waals surface area contributed by atoms with Gasteiger partial charge < -0.3 is 20.3 Å². The van der Waals surface area contributed by atoms with Crippen molar-refractivity contribution in [2.24, 2.45) is 0 Å². The molecule has 0 bridgehead atoms. The van der Waals surface area contributed by atoms with Crippen molar-refractivity contribution in [2.45, 2.75) is 58.2 Å². The Morgan fingerprint density at radius 2 is 1.75 bits per heavy atom. The second kappa shape index (κ2) is 9.69. The van der Waals surface area contributed by atoms with Gasteiger partial charge in [0.1, 0.15) is 11.6 Å². The minimum Gasteiger partial charge on any atom is -0.496 e. The lowest BCUT2D eigenvalue weighted by atomic mass is 9.91. The van der Waals surface area contributed by atoms with E-state index in [4.69, 9.17) is 14.7 Å². The van der Waals surface area contributed by atoms with Crippen molar-refractivity contribution in [1.29, 1.82) is 0 Å². The van der Waals surface area contributed by atoms with Crippen LogP contribution in [0.1, 0.15) is 42.5 Å². The Bertz CT molecular complexity index is 1080. The molecule has 0 atom stereocenters. The Labute approximate surface area is 190 Å². The van der Waals surface area contributed by atoms with Gasteiger partial charge in [-0.05, 0) is 51.7 Å². The minimum absolute atomic E-state index is 0.392. The van der Waals surface area contributed by atoms with Crippen LogP contribution in [0.25, 0.3) is 10.9 Å². The van der Waals surface area contributed by atoms with Crippen LogP contribution in [0, 0.1) is 13.8 Å². The van der Waals surface area contributed by atoms with Crippen molar-refractivity contribution >= 4 is 22.7 Å². The van der Waals surface area contributed by atoms with E-state index in [2.05, 4.69) is 28.6 Å². The fourth-order valence-corrected chi connectivity index (χ4v) is 4.58. The number of para-hydroxylation sites is 1. The van der Waals surface area contributed by atoms with Crippen molar-refractivity contribution in [3.8, 4) is 5.75 Å². The first kappa shape index (κ1) is 22.3. The number of ether oxygens (including phenoxy) is 1. The molecule has 170 valence electrons. The zero-order chi connectivity index (χ0) is 22.7. The lowest BCUT2D eigenvalue weighted by Gasteiger charge is -2.30. The van der Waals surface area contributed by atoms with Gasteiger partial charge >= 0.3 is 0 Å². The standard InChI is InChI=1S/C25H34N6O/c1-16-14-27-22(17(2)23(16)32-5)15-26-18-10-12-19(13-11-18)28-25-29-21-9-7-6-8-20(21)24(30-25)31(3)4/h6-9,14,18-19,26H,10-13,15H2,1-5H3,(H,28,29,30)/t18-,19+. The maximum atomic E-state index is 5.54.